The van der Waals surface area contributed by atoms with Crippen LogP contribution in [0.25, 0.3) is 0 Å². The highest BCUT2D eigenvalue weighted by Crippen LogP contribution is 2.20. The second kappa shape index (κ2) is 6.92. The minimum absolute atomic E-state index is 0.288. The number of carboxylic acid groups (broad SMARTS) is 1. The van der Waals surface area contributed by atoms with Crippen LogP contribution in [0.15, 0.2) is 0 Å². The number of aliphatic carboxylic acids is 1. The van der Waals surface area contributed by atoms with Crippen LogP contribution in [-0.2, 0) is 4.79 Å². The third kappa shape index (κ3) is 3.85. The van der Waals surface area contributed by atoms with Gasteiger partial charge in [0.1, 0.15) is 5.54 Å². The lowest BCUT2D eigenvalue weighted by atomic mass is 10.0. The van der Waals surface area contributed by atoms with Gasteiger partial charge in [0, 0.05) is 6.54 Å². The summed E-state index contributed by atoms with van der Waals surface area (Å²) in [7, 11) is 0. The fourth-order valence-electron chi connectivity index (χ4n) is 2.60. The van der Waals surface area contributed by atoms with Gasteiger partial charge < -0.3 is 20.4 Å². The average Bonchev–Trinajstić information content (AvgIpc) is 2.55. The smallest absolute Gasteiger partial charge is 0.329 e. The van der Waals surface area contributed by atoms with E-state index in [0.717, 1.165) is 25.7 Å². The van der Waals surface area contributed by atoms with Crippen LogP contribution in [0.4, 0.5) is 4.79 Å². The number of nitrogens with zero attached hydrogens (tertiary/aromatic N) is 1. The van der Waals surface area contributed by atoms with Gasteiger partial charge in [-0.1, -0.05) is 19.3 Å². The van der Waals surface area contributed by atoms with E-state index in [0.29, 0.717) is 13.0 Å². The van der Waals surface area contributed by atoms with E-state index in [2.05, 4.69) is 5.32 Å². The first-order chi connectivity index (χ1) is 9.30. The topological polar surface area (TPSA) is 89.9 Å². The number of urea groups is 1. The monoisotopic (exact) mass is 286 g/mol. The predicted octanol–water partition coefficient (Wildman–Crippen LogP) is 1.57. The van der Waals surface area contributed by atoms with Crippen molar-refractivity contribution >= 4 is 12.0 Å². The molecule has 3 N–H and O–H groups in total. The predicted molar refractivity (Wildman–Crippen MR) is 75.5 cm³/mol. The molecule has 2 unspecified atom stereocenters. The minimum Gasteiger partial charge on any atom is -0.480 e. The molecule has 6 nitrogen and oxygen atoms in total. The highest BCUT2D eigenvalue weighted by molar-refractivity contribution is 5.85. The van der Waals surface area contributed by atoms with Crippen molar-refractivity contribution in [3.05, 3.63) is 0 Å². The van der Waals surface area contributed by atoms with Crippen LogP contribution in [0.1, 0.15) is 52.9 Å². The Morgan fingerprint density at radius 1 is 1.25 bits per heavy atom. The molecule has 1 rings (SSSR count). The van der Waals surface area contributed by atoms with E-state index in [9.17, 15) is 19.8 Å². The first-order valence-corrected chi connectivity index (χ1v) is 7.30. The average molecular weight is 286 g/mol. The van der Waals surface area contributed by atoms with Crippen LogP contribution in [0, 0.1) is 0 Å². The number of aliphatic hydroxyl groups is 1. The normalized spacial score (nSPS) is 23.8. The number of amides is 2. The lowest BCUT2D eigenvalue weighted by Gasteiger charge is -2.36. The van der Waals surface area contributed by atoms with Gasteiger partial charge in [-0.2, -0.15) is 0 Å². The number of likely N-dealkylation sites (N-methyl/N-ethyl adjacent to an activating group) is 1. The summed E-state index contributed by atoms with van der Waals surface area (Å²) in [5.41, 5.74) is -1.27. The number of aliphatic hydroxyl groups excluding tert-OH is 1. The molecular weight excluding hydrogens is 260 g/mol. The summed E-state index contributed by atoms with van der Waals surface area (Å²) in [6.07, 6.45) is 3.86. The van der Waals surface area contributed by atoms with E-state index in [1.807, 2.05) is 0 Å². The van der Waals surface area contributed by atoms with Gasteiger partial charge >= 0.3 is 12.0 Å². The van der Waals surface area contributed by atoms with Gasteiger partial charge in [-0.25, -0.2) is 9.59 Å². The summed E-state index contributed by atoms with van der Waals surface area (Å²) in [5.74, 6) is -1.05. The van der Waals surface area contributed by atoms with E-state index < -0.39 is 23.6 Å². The van der Waals surface area contributed by atoms with Gasteiger partial charge in [0.2, 0.25) is 0 Å². The van der Waals surface area contributed by atoms with Gasteiger partial charge in [0.15, 0.2) is 0 Å². The summed E-state index contributed by atoms with van der Waals surface area (Å²) >= 11 is 0. The van der Waals surface area contributed by atoms with Crippen molar-refractivity contribution in [1.82, 2.24) is 10.2 Å². The molecule has 0 aliphatic heterocycles. The zero-order valence-corrected chi connectivity index (χ0v) is 12.6. The summed E-state index contributed by atoms with van der Waals surface area (Å²) in [4.78, 5) is 24.8. The number of carboxylic acids is 1. The lowest BCUT2D eigenvalue weighted by Crippen LogP contribution is -2.58. The molecule has 0 saturated heterocycles. The summed E-state index contributed by atoms with van der Waals surface area (Å²) in [6.45, 7) is 5.05. The molecule has 20 heavy (non-hydrogen) atoms. The molecular formula is C14H26N2O4. The van der Waals surface area contributed by atoms with Crippen LogP contribution >= 0.6 is 0 Å². The number of hydrogen-bond donors (Lipinski definition) is 3. The Hall–Kier alpha value is -1.30. The second-order valence-electron chi connectivity index (χ2n) is 5.87. The Kier molecular flexibility index (Phi) is 5.80. The van der Waals surface area contributed by atoms with Gasteiger partial charge in [-0.3, -0.25) is 0 Å². The fourth-order valence-corrected chi connectivity index (χ4v) is 2.60. The molecule has 0 radical (unpaired) electrons. The molecule has 1 saturated carbocycles. The minimum atomic E-state index is -1.27. The van der Waals surface area contributed by atoms with Crippen molar-refractivity contribution in [1.29, 1.82) is 0 Å². The number of nitrogens with one attached hydrogen (secondary N) is 1. The number of carbonyl (C=O) groups excluding carboxylic acids is 1. The van der Waals surface area contributed by atoms with Crippen LogP contribution in [-0.4, -0.2) is 51.3 Å². The third-order valence-corrected chi connectivity index (χ3v) is 4.05. The van der Waals surface area contributed by atoms with Crippen LogP contribution < -0.4 is 5.32 Å². The Bertz CT molecular complexity index is 357. The molecule has 0 spiro atoms. The Morgan fingerprint density at radius 2 is 1.85 bits per heavy atom. The van der Waals surface area contributed by atoms with Crippen molar-refractivity contribution in [2.24, 2.45) is 0 Å². The van der Waals surface area contributed by atoms with E-state index in [1.54, 1.807) is 6.92 Å². The van der Waals surface area contributed by atoms with E-state index in [1.165, 1.54) is 18.7 Å². The first-order valence-electron chi connectivity index (χ1n) is 7.30. The molecule has 0 bridgehead atoms. The maximum atomic E-state index is 12.3. The SMILES string of the molecule is CCN(C(=O)NC1CCCCCC1O)C(C)(C)C(=O)O. The number of hydrogen-bond acceptors (Lipinski definition) is 3. The molecule has 1 aliphatic carbocycles. The van der Waals surface area contributed by atoms with Crippen molar-refractivity contribution < 1.29 is 19.8 Å². The van der Waals surface area contributed by atoms with Gasteiger partial charge in [-0.05, 0) is 33.6 Å². The molecule has 0 aromatic carbocycles. The molecule has 0 heterocycles. The number of carbonyl (C=O) groups is 2. The molecule has 0 aromatic rings. The first kappa shape index (κ1) is 16.8. The molecule has 6 heteroatoms. The second-order valence-corrected chi connectivity index (χ2v) is 5.87. The van der Waals surface area contributed by atoms with Crippen molar-refractivity contribution in [3.63, 3.8) is 0 Å². The van der Waals surface area contributed by atoms with Gasteiger partial charge in [0.25, 0.3) is 0 Å². The zero-order valence-electron chi connectivity index (χ0n) is 12.6. The third-order valence-electron chi connectivity index (χ3n) is 4.05. The molecule has 2 atom stereocenters. The van der Waals surface area contributed by atoms with Crippen LogP contribution in [0.5, 0.6) is 0 Å². The van der Waals surface area contributed by atoms with Crippen molar-refractivity contribution in [2.45, 2.75) is 70.6 Å². The summed E-state index contributed by atoms with van der Waals surface area (Å²) < 4.78 is 0. The Morgan fingerprint density at radius 3 is 2.40 bits per heavy atom. The fraction of sp³-hybridized carbons (Fsp3) is 0.857. The molecule has 0 aromatic heterocycles. The van der Waals surface area contributed by atoms with Crippen LogP contribution in [0.3, 0.4) is 0 Å². The largest absolute Gasteiger partial charge is 0.480 e. The molecule has 1 fully saturated rings. The maximum absolute atomic E-state index is 12.3. The molecule has 116 valence electrons. The summed E-state index contributed by atoms with van der Waals surface area (Å²) in [6, 6.07) is -0.713. The maximum Gasteiger partial charge on any atom is 0.329 e. The highest BCUT2D eigenvalue weighted by Gasteiger charge is 2.38. The molecule has 2 amide bonds. The molecule has 1 aliphatic rings. The summed E-state index contributed by atoms with van der Waals surface area (Å²) in [5, 5.41) is 22.0. The van der Waals surface area contributed by atoms with Crippen molar-refractivity contribution in [3.8, 4) is 0 Å². The van der Waals surface area contributed by atoms with Gasteiger partial charge in [0.05, 0.1) is 12.1 Å². The quantitative estimate of drug-likeness (QED) is 0.684. The van der Waals surface area contributed by atoms with Gasteiger partial charge in [-0.15, -0.1) is 0 Å². The van der Waals surface area contributed by atoms with Crippen LogP contribution in [0.2, 0.25) is 0 Å². The standard InChI is InChI=1S/C14H26N2O4/c1-4-16(14(2,3)12(18)19)13(20)15-10-8-6-5-7-9-11(10)17/h10-11,17H,4-9H2,1-3H3,(H,15,20)(H,18,19). The van der Waals surface area contributed by atoms with Crippen molar-refractivity contribution in [2.75, 3.05) is 6.54 Å². The Balaban J connectivity index is 2.74. The highest BCUT2D eigenvalue weighted by atomic mass is 16.4. The lowest BCUT2D eigenvalue weighted by molar-refractivity contribution is -0.147. The van der Waals surface area contributed by atoms with E-state index in [4.69, 9.17) is 0 Å². The van der Waals surface area contributed by atoms with E-state index >= 15 is 0 Å². The number of rotatable bonds is 4. The zero-order chi connectivity index (χ0) is 15.3. The Labute approximate surface area is 120 Å². The van der Waals surface area contributed by atoms with E-state index in [-0.39, 0.29) is 6.04 Å².